The van der Waals surface area contributed by atoms with Crippen LogP contribution in [0.4, 0.5) is 16.0 Å². The number of unbranched alkanes of at least 4 members (excludes halogenated alkanes) is 1. The average Bonchev–Trinajstić information content (AvgIpc) is 3.46. The number of aromatic nitrogens is 5. The van der Waals surface area contributed by atoms with E-state index in [0.29, 0.717) is 17.6 Å². The molecule has 1 atom stereocenters. The van der Waals surface area contributed by atoms with Crippen LogP contribution in [0.15, 0.2) is 54.9 Å². The van der Waals surface area contributed by atoms with E-state index in [1.807, 2.05) is 31.4 Å². The van der Waals surface area contributed by atoms with E-state index < -0.39 is 0 Å². The number of benzene rings is 2. The molecule has 4 aromatic rings. The van der Waals surface area contributed by atoms with Crippen LogP contribution in [0.3, 0.4) is 0 Å². The molecule has 0 saturated carbocycles. The van der Waals surface area contributed by atoms with Crippen LogP contribution in [0, 0.1) is 5.82 Å². The van der Waals surface area contributed by atoms with Gasteiger partial charge in [0, 0.05) is 47.9 Å². The lowest BCUT2D eigenvalue weighted by Gasteiger charge is -2.14. The number of hydrogen-bond acceptors (Lipinski definition) is 5. The van der Waals surface area contributed by atoms with Gasteiger partial charge in [0.2, 0.25) is 5.95 Å². The number of anilines is 2. The number of hydrogen-bond donors (Lipinski definition) is 2. The van der Waals surface area contributed by atoms with Crippen molar-refractivity contribution < 1.29 is 9.13 Å². The summed E-state index contributed by atoms with van der Waals surface area (Å²) in [6.07, 6.45) is 6.41. The molecular formula is C24H26ClFN6O. The Bertz CT molecular complexity index is 1190. The molecule has 0 amide bonds. The summed E-state index contributed by atoms with van der Waals surface area (Å²) < 4.78 is 20.8. The van der Waals surface area contributed by atoms with Gasteiger partial charge in [-0.15, -0.1) is 16.7 Å². The summed E-state index contributed by atoms with van der Waals surface area (Å²) in [5.41, 5.74) is 3.70. The summed E-state index contributed by atoms with van der Waals surface area (Å²) in [4.78, 5) is 4.66. The summed E-state index contributed by atoms with van der Waals surface area (Å²) in [5.74, 6) is 2.20. The largest absolute Gasteiger partial charge is 0.496 e. The number of methoxy groups -OCH3 is 1. The van der Waals surface area contributed by atoms with Crippen molar-refractivity contribution in [3.63, 3.8) is 0 Å². The van der Waals surface area contributed by atoms with E-state index in [0.717, 1.165) is 47.5 Å². The van der Waals surface area contributed by atoms with Gasteiger partial charge >= 0.3 is 0 Å². The zero-order chi connectivity index (χ0) is 23.2. The summed E-state index contributed by atoms with van der Waals surface area (Å²) in [7, 11) is 3.51. The first-order valence-corrected chi connectivity index (χ1v) is 11.3. The zero-order valence-electron chi connectivity index (χ0n) is 18.6. The molecule has 2 aromatic heterocycles. The molecule has 0 aliphatic rings. The second-order valence-corrected chi connectivity index (χ2v) is 8.15. The molecule has 2 N–H and O–H groups in total. The molecule has 0 aliphatic carbocycles. The van der Waals surface area contributed by atoms with Gasteiger partial charge in [-0.3, -0.25) is 9.78 Å². The van der Waals surface area contributed by atoms with Crippen molar-refractivity contribution >= 4 is 23.2 Å². The minimum absolute atomic E-state index is 0.0284. The third kappa shape index (κ3) is 5.51. The van der Waals surface area contributed by atoms with Gasteiger partial charge < -0.3 is 10.1 Å². The second-order valence-electron chi connectivity index (χ2n) is 7.78. The molecule has 0 fully saturated rings. The maximum Gasteiger partial charge on any atom is 0.246 e. The Kier molecular flexibility index (Phi) is 7.24. The van der Waals surface area contributed by atoms with Gasteiger partial charge in [-0.1, -0.05) is 18.6 Å². The maximum atomic E-state index is 13.4. The summed E-state index contributed by atoms with van der Waals surface area (Å²) in [6, 6.07) is 12.3. The molecule has 172 valence electrons. The van der Waals surface area contributed by atoms with Crippen LogP contribution in [-0.2, 0) is 7.05 Å². The molecule has 1 unspecified atom stereocenters. The number of H-pyrrole nitrogens is 1. The van der Waals surface area contributed by atoms with E-state index in [-0.39, 0.29) is 11.7 Å². The Morgan fingerprint density at radius 3 is 2.70 bits per heavy atom. The van der Waals surface area contributed by atoms with Crippen LogP contribution >= 0.6 is 11.6 Å². The molecule has 7 nitrogen and oxygen atoms in total. The lowest BCUT2D eigenvalue weighted by molar-refractivity contribution is 0.416. The third-order valence-electron chi connectivity index (χ3n) is 5.46. The number of rotatable bonds is 10. The number of nitrogens with one attached hydrogen (secondary N) is 2. The highest BCUT2D eigenvalue weighted by molar-refractivity contribution is 6.17. The monoisotopic (exact) mass is 468 g/mol. The predicted molar refractivity (Wildman–Crippen MR) is 128 cm³/mol. The first-order chi connectivity index (χ1) is 16.1. The smallest absolute Gasteiger partial charge is 0.246 e. The van der Waals surface area contributed by atoms with E-state index in [1.54, 1.807) is 30.1 Å². The molecule has 0 bridgehead atoms. The van der Waals surface area contributed by atoms with Gasteiger partial charge in [0.1, 0.15) is 17.4 Å². The maximum absolute atomic E-state index is 13.4. The minimum Gasteiger partial charge on any atom is -0.496 e. The highest BCUT2D eigenvalue weighted by atomic mass is 35.5. The molecule has 33 heavy (non-hydrogen) atoms. The number of nitrogens with zero attached hydrogens (tertiary/aromatic N) is 4. The fourth-order valence-electron chi connectivity index (χ4n) is 3.78. The molecule has 0 radical (unpaired) electrons. The van der Waals surface area contributed by atoms with Crippen molar-refractivity contribution in [3.8, 4) is 16.9 Å². The standard InChI is InChI=1S/C24H26ClFN6O/c1-32-15-17(14-27-32)20-11-10-19(13-22(20)33-2)28-24-29-23(30-31-24)21(5-3-4-12-25)16-6-8-18(26)9-7-16/h6-11,13-15,21H,3-5,12H2,1-2H3,(H2,28,29,30,31). The van der Waals surface area contributed by atoms with Crippen molar-refractivity contribution in [1.82, 2.24) is 25.0 Å². The van der Waals surface area contributed by atoms with E-state index in [2.05, 4.69) is 25.6 Å². The Morgan fingerprint density at radius 1 is 1.18 bits per heavy atom. The molecule has 9 heteroatoms. The molecule has 2 aromatic carbocycles. The highest BCUT2D eigenvalue weighted by Gasteiger charge is 2.19. The third-order valence-corrected chi connectivity index (χ3v) is 5.72. The number of ether oxygens (including phenoxy) is 1. The molecule has 2 heterocycles. The Hall–Kier alpha value is -3.39. The topological polar surface area (TPSA) is 80.7 Å². The van der Waals surface area contributed by atoms with Crippen LogP contribution in [0.25, 0.3) is 11.1 Å². The molecular weight excluding hydrogens is 443 g/mol. The first-order valence-electron chi connectivity index (χ1n) is 10.7. The normalized spacial score (nSPS) is 12.0. The fraction of sp³-hybridized carbons (Fsp3) is 0.292. The minimum atomic E-state index is -0.262. The lowest BCUT2D eigenvalue weighted by atomic mass is 9.93. The average molecular weight is 469 g/mol. The van der Waals surface area contributed by atoms with Crippen molar-refractivity contribution in [2.45, 2.75) is 25.2 Å². The number of aromatic amines is 1. The van der Waals surface area contributed by atoms with Crippen molar-refractivity contribution in [2.75, 3.05) is 18.3 Å². The van der Waals surface area contributed by atoms with Gasteiger partial charge in [-0.05, 0) is 42.7 Å². The number of halogens is 2. The predicted octanol–water partition coefficient (Wildman–Crippen LogP) is 5.64. The molecule has 0 spiro atoms. The lowest BCUT2D eigenvalue weighted by Crippen LogP contribution is -2.04. The van der Waals surface area contributed by atoms with Crippen LogP contribution in [0.5, 0.6) is 5.75 Å². The molecule has 0 aliphatic heterocycles. The van der Waals surface area contributed by atoms with Crippen LogP contribution in [0.2, 0.25) is 0 Å². The summed E-state index contributed by atoms with van der Waals surface area (Å²) in [6.45, 7) is 0. The highest BCUT2D eigenvalue weighted by Crippen LogP contribution is 2.33. The van der Waals surface area contributed by atoms with Gasteiger partial charge in [0.25, 0.3) is 0 Å². The Labute approximate surface area is 197 Å². The number of alkyl halides is 1. The summed E-state index contributed by atoms with van der Waals surface area (Å²) >= 11 is 5.86. The van der Waals surface area contributed by atoms with E-state index in [9.17, 15) is 4.39 Å². The van der Waals surface area contributed by atoms with E-state index in [4.69, 9.17) is 16.3 Å². The fourth-order valence-corrected chi connectivity index (χ4v) is 3.97. The molecule has 4 rings (SSSR count). The van der Waals surface area contributed by atoms with E-state index in [1.165, 1.54) is 12.1 Å². The van der Waals surface area contributed by atoms with Gasteiger partial charge in [-0.2, -0.15) is 10.1 Å². The quantitative estimate of drug-likeness (QED) is 0.232. The van der Waals surface area contributed by atoms with Crippen molar-refractivity contribution in [3.05, 3.63) is 72.1 Å². The van der Waals surface area contributed by atoms with Gasteiger partial charge in [-0.25, -0.2) is 4.39 Å². The second kappa shape index (κ2) is 10.5. The van der Waals surface area contributed by atoms with E-state index >= 15 is 0 Å². The van der Waals surface area contributed by atoms with Crippen molar-refractivity contribution in [1.29, 1.82) is 0 Å². The zero-order valence-corrected chi connectivity index (χ0v) is 19.3. The molecule has 0 saturated heterocycles. The Morgan fingerprint density at radius 2 is 2.00 bits per heavy atom. The summed E-state index contributed by atoms with van der Waals surface area (Å²) in [5, 5.41) is 14.8. The van der Waals surface area contributed by atoms with Crippen molar-refractivity contribution in [2.24, 2.45) is 7.05 Å². The number of aryl methyl sites for hydroxylation is 1. The first kappa shape index (κ1) is 22.8. The van der Waals surface area contributed by atoms with Crippen LogP contribution in [-0.4, -0.2) is 38.0 Å². The van der Waals surface area contributed by atoms with Gasteiger partial charge in [0.05, 0.1) is 13.3 Å². The van der Waals surface area contributed by atoms with Crippen LogP contribution in [0.1, 0.15) is 36.6 Å². The Balaban J connectivity index is 1.54. The van der Waals surface area contributed by atoms with Gasteiger partial charge in [0.15, 0.2) is 0 Å². The SMILES string of the molecule is COc1cc(Nc2n[nH]c(C(CCCCCl)c3ccc(F)cc3)n2)ccc1-c1cnn(C)c1. The van der Waals surface area contributed by atoms with Crippen LogP contribution < -0.4 is 10.1 Å².